The predicted octanol–water partition coefficient (Wildman–Crippen LogP) is 5.11. The van der Waals surface area contributed by atoms with Gasteiger partial charge in [-0.3, -0.25) is 0 Å². The molecule has 2 heterocycles. The number of nitrogens with one attached hydrogen (secondary N) is 1. The highest BCUT2D eigenvalue weighted by molar-refractivity contribution is 5.63. The van der Waals surface area contributed by atoms with Crippen LogP contribution in [0.3, 0.4) is 0 Å². The molecular weight excluding hydrogens is 286 g/mol. The molecule has 0 bridgehead atoms. The van der Waals surface area contributed by atoms with Gasteiger partial charge in [-0.15, -0.1) is 0 Å². The molecule has 0 aliphatic rings. The van der Waals surface area contributed by atoms with Crippen LogP contribution in [-0.2, 0) is 6.54 Å². The maximum absolute atomic E-state index is 5.04. The molecule has 0 fully saturated rings. The van der Waals surface area contributed by atoms with Crippen LogP contribution in [0.2, 0.25) is 0 Å². The van der Waals surface area contributed by atoms with Crippen LogP contribution < -0.4 is 5.32 Å². The minimum Gasteiger partial charge on any atom is -0.472 e. The van der Waals surface area contributed by atoms with Gasteiger partial charge in [0.25, 0.3) is 0 Å². The Kier molecular flexibility index (Phi) is 4.71. The van der Waals surface area contributed by atoms with Crippen LogP contribution in [0.5, 0.6) is 0 Å². The second-order valence-corrected chi connectivity index (χ2v) is 5.72. The highest BCUT2D eigenvalue weighted by Crippen LogP contribution is 2.25. The maximum atomic E-state index is 5.04. The molecule has 0 spiro atoms. The van der Waals surface area contributed by atoms with E-state index in [-0.39, 0.29) is 1.43 Å². The lowest BCUT2D eigenvalue weighted by atomic mass is 9.95. The predicted molar refractivity (Wildman–Crippen MR) is 94.3 cm³/mol. The summed E-state index contributed by atoms with van der Waals surface area (Å²) in [5.41, 5.74) is 4.61. The number of anilines is 1. The first kappa shape index (κ1) is 15.3. The topological polar surface area (TPSA) is 51.0 Å². The van der Waals surface area contributed by atoms with E-state index in [1.807, 2.05) is 18.5 Å². The van der Waals surface area contributed by atoms with Gasteiger partial charge in [-0.25, -0.2) is 9.97 Å². The molecule has 4 heteroatoms. The molecule has 0 saturated carbocycles. The van der Waals surface area contributed by atoms with Gasteiger partial charge in [-0.2, -0.15) is 0 Å². The second kappa shape index (κ2) is 7.09. The number of hydrogen-bond acceptors (Lipinski definition) is 4. The quantitative estimate of drug-likeness (QED) is 0.687. The summed E-state index contributed by atoms with van der Waals surface area (Å²) in [5.74, 6) is 1.18. The lowest BCUT2D eigenvalue weighted by Gasteiger charge is -2.11. The number of aromatic nitrogens is 2. The molecule has 0 aliphatic heterocycles. The lowest BCUT2D eigenvalue weighted by molar-refractivity contribution is 0.564. The van der Waals surface area contributed by atoms with Gasteiger partial charge in [0.2, 0.25) is 5.95 Å². The van der Waals surface area contributed by atoms with Gasteiger partial charge in [-0.05, 0) is 29.5 Å². The van der Waals surface area contributed by atoms with E-state index in [0.717, 1.165) is 23.1 Å². The van der Waals surface area contributed by atoms with Crippen molar-refractivity contribution in [3.05, 3.63) is 66.4 Å². The van der Waals surface area contributed by atoms with E-state index in [2.05, 4.69) is 53.4 Å². The van der Waals surface area contributed by atoms with Crippen molar-refractivity contribution in [1.29, 1.82) is 0 Å². The SMILES string of the molecule is CC[C@@H](C)c1cccc(-c2cnc(NCc3ccoc3)nc2)c1.[HH]. The van der Waals surface area contributed by atoms with Gasteiger partial charge in [0.15, 0.2) is 0 Å². The number of furan rings is 1. The average molecular weight is 309 g/mol. The molecule has 0 radical (unpaired) electrons. The van der Waals surface area contributed by atoms with Crippen LogP contribution in [0, 0.1) is 0 Å². The van der Waals surface area contributed by atoms with Crippen LogP contribution >= 0.6 is 0 Å². The molecule has 0 saturated heterocycles. The minimum absolute atomic E-state index is 0. The van der Waals surface area contributed by atoms with Gasteiger partial charge in [-0.1, -0.05) is 38.1 Å². The zero-order valence-electron chi connectivity index (χ0n) is 13.5. The maximum Gasteiger partial charge on any atom is 0.222 e. The first-order chi connectivity index (χ1) is 11.3. The fourth-order valence-corrected chi connectivity index (χ4v) is 2.40. The van der Waals surface area contributed by atoms with Crippen LogP contribution in [0.25, 0.3) is 11.1 Å². The van der Waals surface area contributed by atoms with Gasteiger partial charge in [0.05, 0.1) is 12.5 Å². The Labute approximate surface area is 138 Å². The van der Waals surface area contributed by atoms with Crippen LogP contribution in [-0.4, -0.2) is 9.97 Å². The van der Waals surface area contributed by atoms with Gasteiger partial charge < -0.3 is 9.73 Å². The highest BCUT2D eigenvalue weighted by atomic mass is 16.3. The van der Waals surface area contributed by atoms with Crippen molar-refractivity contribution >= 4 is 5.95 Å². The normalized spacial score (nSPS) is 12.1. The molecule has 0 amide bonds. The summed E-state index contributed by atoms with van der Waals surface area (Å²) in [6.07, 6.45) is 8.23. The molecule has 1 aromatic carbocycles. The van der Waals surface area contributed by atoms with E-state index in [1.54, 1.807) is 12.5 Å². The standard InChI is InChI=1S/C19H21N3O.H2/c1-3-14(2)16-5-4-6-17(9-16)18-11-21-19(22-12-18)20-10-15-7-8-23-13-15;/h4-9,11-14H,3,10H2,1-2H3,(H,20,21,22);1H/t14-;/m1./s1. The third kappa shape index (κ3) is 3.77. The van der Waals surface area contributed by atoms with Crippen molar-refractivity contribution < 1.29 is 5.84 Å². The van der Waals surface area contributed by atoms with Crippen molar-refractivity contribution in [2.75, 3.05) is 5.32 Å². The Balaban J connectivity index is 0.00000208. The smallest absolute Gasteiger partial charge is 0.222 e. The van der Waals surface area contributed by atoms with Gasteiger partial charge >= 0.3 is 0 Å². The second-order valence-electron chi connectivity index (χ2n) is 5.72. The van der Waals surface area contributed by atoms with E-state index < -0.39 is 0 Å². The molecule has 1 N–H and O–H groups in total. The van der Waals surface area contributed by atoms with Crippen molar-refractivity contribution in [3.8, 4) is 11.1 Å². The lowest BCUT2D eigenvalue weighted by Crippen LogP contribution is -2.02. The number of hydrogen-bond donors (Lipinski definition) is 1. The Morgan fingerprint density at radius 2 is 2.00 bits per heavy atom. The van der Waals surface area contributed by atoms with E-state index in [9.17, 15) is 0 Å². The van der Waals surface area contributed by atoms with E-state index >= 15 is 0 Å². The highest BCUT2D eigenvalue weighted by Gasteiger charge is 2.06. The molecule has 0 unspecified atom stereocenters. The third-order valence-corrected chi connectivity index (χ3v) is 4.08. The fraction of sp³-hybridized carbons (Fsp3) is 0.263. The summed E-state index contributed by atoms with van der Waals surface area (Å²) in [7, 11) is 0. The van der Waals surface area contributed by atoms with E-state index in [4.69, 9.17) is 4.42 Å². The summed E-state index contributed by atoms with van der Waals surface area (Å²) in [5, 5.41) is 3.18. The van der Waals surface area contributed by atoms with E-state index in [0.29, 0.717) is 18.4 Å². The molecule has 4 nitrogen and oxygen atoms in total. The average Bonchev–Trinajstić information content (AvgIpc) is 3.13. The van der Waals surface area contributed by atoms with Crippen molar-refractivity contribution in [1.82, 2.24) is 9.97 Å². The van der Waals surface area contributed by atoms with Gasteiger partial charge in [0.1, 0.15) is 0 Å². The van der Waals surface area contributed by atoms with Crippen molar-refractivity contribution in [2.24, 2.45) is 0 Å². The Morgan fingerprint density at radius 1 is 1.17 bits per heavy atom. The van der Waals surface area contributed by atoms with Crippen LogP contribution in [0.1, 0.15) is 38.7 Å². The Morgan fingerprint density at radius 3 is 2.70 bits per heavy atom. The fourth-order valence-electron chi connectivity index (χ4n) is 2.40. The first-order valence-electron chi connectivity index (χ1n) is 7.93. The summed E-state index contributed by atoms with van der Waals surface area (Å²) in [6.45, 7) is 5.11. The summed E-state index contributed by atoms with van der Waals surface area (Å²) in [6, 6.07) is 10.5. The number of nitrogens with zero attached hydrogens (tertiary/aromatic N) is 2. The largest absolute Gasteiger partial charge is 0.472 e. The zero-order valence-corrected chi connectivity index (χ0v) is 13.5. The number of benzene rings is 1. The number of rotatable bonds is 6. The first-order valence-corrected chi connectivity index (χ1v) is 7.93. The molecule has 2 aromatic heterocycles. The monoisotopic (exact) mass is 309 g/mol. The molecule has 23 heavy (non-hydrogen) atoms. The van der Waals surface area contributed by atoms with Crippen molar-refractivity contribution in [2.45, 2.75) is 32.7 Å². The van der Waals surface area contributed by atoms with Crippen LogP contribution in [0.15, 0.2) is 59.7 Å². The molecule has 0 aliphatic carbocycles. The van der Waals surface area contributed by atoms with E-state index in [1.165, 1.54) is 5.56 Å². The third-order valence-electron chi connectivity index (χ3n) is 4.08. The minimum atomic E-state index is 0. The molecule has 120 valence electrons. The Bertz CT molecular complexity index is 742. The molecule has 3 aromatic rings. The molecule has 3 rings (SSSR count). The summed E-state index contributed by atoms with van der Waals surface area (Å²) in [4.78, 5) is 8.79. The van der Waals surface area contributed by atoms with Gasteiger partial charge in [0, 0.05) is 31.5 Å². The molecule has 1 atom stereocenters. The zero-order chi connectivity index (χ0) is 16.1. The molecular formula is C19H23N3O. The Hall–Kier alpha value is -2.62. The van der Waals surface area contributed by atoms with Crippen LogP contribution in [0.4, 0.5) is 5.95 Å². The summed E-state index contributed by atoms with van der Waals surface area (Å²) < 4.78 is 5.04. The summed E-state index contributed by atoms with van der Waals surface area (Å²) >= 11 is 0. The van der Waals surface area contributed by atoms with Crippen molar-refractivity contribution in [3.63, 3.8) is 0 Å².